The zero-order chi connectivity index (χ0) is 25.9. The fraction of sp³-hybridized carbons (Fsp3) is 0.250. The van der Waals surface area contributed by atoms with Gasteiger partial charge in [0.2, 0.25) is 0 Å². The lowest BCUT2D eigenvalue weighted by Crippen LogP contribution is -2.42. The number of carbonyl (C=O) groups excluding carboxylic acids is 3. The summed E-state index contributed by atoms with van der Waals surface area (Å²) in [5, 5.41) is 1.26. The topological polar surface area (TPSA) is 93.1 Å². The van der Waals surface area contributed by atoms with Gasteiger partial charge in [0, 0.05) is 30.2 Å². The zero-order valence-corrected chi connectivity index (χ0v) is 20.8. The summed E-state index contributed by atoms with van der Waals surface area (Å²) >= 11 is 0. The van der Waals surface area contributed by atoms with Gasteiger partial charge in [-0.05, 0) is 68.0 Å². The van der Waals surface area contributed by atoms with Crippen LogP contribution in [-0.2, 0) is 19.1 Å². The third kappa shape index (κ3) is 4.99. The molecule has 1 aromatic heterocycles. The molecule has 0 unspecified atom stereocenters. The first kappa shape index (κ1) is 24.3. The predicted molar refractivity (Wildman–Crippen MR) is 138 cm³/mol. The van der Waals surface area contributed by atoms with Crippen LogP contribution in [-0.4, -0.2) is 60.1 Å². The first-order valence-corrected chi connectivity index (χ1v) is 12.1. The maximum absolute atomic E-state index is 13.0. The highest BCUT2D eigenvalue weighted by atomic mass is 16.5. The third-order valence-electron chi connectivity index (χ3n) is 6.50. The average molecular weight is 501 g/mol. The van der Waals surface area contributed by atoms with Crippen molar-refractivity contribution in [3.05, 3.63) is 83.2 Å². The number of morpholine rings is 1. The van der Waals surface area contributed by atoms with Crippen LogP contribution in [0.3, 0.4) is 0 Å². The van der Waals surface area contributed by atoms with Gasteiger partial charge < -0.3 is 18.9 Å². The van der Waals surface area contributed by atoms with E-state index >= 15 is 0 Å². The summed E-state index contributed by atoms with van der Waals surface area (Å²) in [5.74, 6) is -0.288. The SMILES string of the molecule is Cc1cc(/C=C2/C(=O)NN(c3ccccc3)C2=O)c(C)n1-c1ccc(OCC(=O)N2CCOCC2)cc1. The highest BCUT2D eigenvalue weighted by molar-refractivity contribution is 6.31. The van der Waals surface area contributed by atoms with Crippen LogP contribution in [0.5, 0.6) is 5.75 Å². The maximum Gasteiger partial charge on any atom is 0.282 e. The van der Waals surface area contributed by atoms with Crippen molar-refractivity contribution in [1.82, 2.24) is 14.9 Å². The van der Waals surface area contributed by atoms with Gasteiger partial charge in [-0.1, -0.05) is 18.2 Å². The van der Waals surface area contributed by atoms with Gasteiger partial charge in [0.15, 0.2) is 6.61 Å². The van der Waals surface area contributed by atoms with Gasteiger partial charge >= 0.3 is 0 Å². The van der Waals surface area contributed by atoms with Crippen molar-refractivity contribution in [3.63, 3.8) is 0 Å². The van der Waals surface area contributed by atoms with E-state index in [0.717, 1.165) is 22.6 Å². The molecule has 2 aliphatic heterocycles. The zero-order valence-electron chi connectivity index (χ0n) is 20.8. The number of amides is 3. The summed E-state index contributed by atoms with van der Waals surface area (Å²) < 4.78 is 13.0. The van der Waals surface area contributed by atoms with E-state index in [1.165, 1.54) is 5.01 Å². The minimum atomic E-state index is -0.438. The highest BCUT2D eigenvalue weighted by Crippen LogP contribution is 2.27. The number of nitrogens with zero attached hydrogens (tertiary/aromatic N) is 3. The van der Waals surface area contributed by atoms with Crippen molar-refractivity contribution < 1.29 is 23.9 Å². The minimum Gasteiger partial charge on any atom is -0.484 e. The Morgan fingerprint density at radius 1 is 1.00 bits per heavy atom. The van der Waals surface area contributed by atoms with E-state index in [1.54, 1.807) is 23.1 Å². The summed E-state index contributed by atoms with van der Waals surface area (Å²) in [4.78, 5) is 39.6. The number of carbonyl (C=O) groups is 3. The Labute approximate surface area is 214 Å². The van der Waals surface area contributed by atoms with E-state index in [-0.39, 0.29) is 18.1 Å². The smallest absolute Gasteiger partial charge is 0.282 e. The van der Waals surface area contributed by atoms with Crippen LogP contribution in [0.1, 0.15) is 17.0 Å². The Morgan fingerprint density at radius 3 is 2.41 bits per heavy atom. The van der Waals surface area contributed by atoms with E-state index in [1.807, 2.05) is 66.9 Å². The molecule has 3 aromatic rings. The lowest BCUT2D eigenvalue weighted by Gasteiger charge is -2.26. The van der Waals surface area contributed by atoms with Gasteiger partial charge in [0.1, 0.15) is 11.3 Å². The molecular formula is C28H28N4O5. The van der Waals surface area contributed by atoms with Crippen LogP contribution >= 0.6 is 0 Å². The van der Waals surface area contributed by atoms with Crippen molar-refractivity contribution >= 4 is 29.5 Å². The van der Waals surface area contributed by atoms with E-state index < -0.39 is 11.8 Å². The molecule has 0 aliphatic carbocycles. The quantitative estimate of drug-likeness (QED) is 0.415. The molecule has 0 saturated carbocycles. The van der Waals surface area contributed by atoms with Crippen LogP contribution in [0.15, 0.2) is 66.2 Å². The van der Waals surface area contributed by atoms with Gasteiger partial charge in [0.05, 0.1) is 18.9 Å². The Morgan fingerprint density at radius 2 is 1.70 bits per heavy atom. The van der Waals surface area contributed by atoms with Crippen molar-refractivity contribution in [1.29, 1.82) is 0 Å². The van der Waals surface area contributed by atoms with E-state index in [0.29, 0.717) is 37.7 Å². The van der Waals surface area contributed by atoms with Crippen LogP contribution in [0.4, 0.5) is 5.69 Å². The largest absolute Gasteiger partial charge is 0.484 e. The van der Waals surface area contributed by atoms with Crippen LogP contribution in [0, 0.1) is 13.8 Å². The Bertz CT molecular complexity index is 1360. The second kappa shape index (κ2) is 10.3. The molecule has 0 radical (unpaired) electrons. The van der Waals surface area contributed by atoms with Crippen molar-refractivity contribution in [2.45, 2.75) is 13.8 Å². The molecule has 0 bridgehead atoms. The fourth-order valence-corrected chi connectivity index (χ4v) is 4.54. The lowest BCUT2D eigenvalue weighted by atomic mass is 10.1. The number of nitrogens with one attached hydrogen (secondary N) is 1. The number of hydrazine groups is 1. The van der Waals surface area contributed by atoms with Crippen molar-refractivity contribution in [3.8, 4) is 11.4 Å². The summed E-state index contributed by atoms with van der Waals surface area (Å²) in [6.07, 6.45) is 1.63. The van der Waals surface area contributed by atoms with E-state index in [4.69, 9.17) is 9.47 Å². The molecule has 1 N–H and O–H groups in total. The number of hydrogen-bond donors (Lipinski definition) is 1. The monoisotopic (exact) mass is 500 g/mol. The number of benzene rings is 2. The molecule has 2 aliphatic rings. The van der Waals surface area contributed by atoms with E-state index in [2.05, 4.69) is 5.43 Å². The molecule has 9 heteroatoms. The average Bonchev–Trinajstić information content (AvgIpc) is 3.37. The molecule has 9 nitrogen and oxygen atoms in total. The minimum absolute atomic E-state index is 0.0191. The maximum atomic E-state index is 13.0. The standard InChI is InChI=1S/C28H28N4O5/c1-19-16-21(17-25-27(34)29-32(28(25)35)23-6-4-3-5-7-23)20(2)31(19)22-8-10-24(11-9-22)37-18-26(33)30-12-14-36-15-13-30/h3-11,16-17H,12-15,18H2,1-2H3,(H,29,34)/b25-17-. The number of aromatic nitrogens is 1. The molecule has 2 fully saturated rings. The predicted octanol–water partition coefficient (Wildman–Crippen LogP) is 2.79. The van der Waals surface area contributed by atoms with Crippen LogP contribution in [0.2, 0.25) is 0 Å². The molecule has 2 saturated heterocycles. The Hall–Kier alpha value is -4.37. The van der Waals surface area contributed by atoms with Crippen LogP contribution < -0.4 is 15.2 Å². The normalized spacial score (nSPS) is 16.9. The highest BCUT2D eigenvalue weighted by Gasteiger charge is 2.34. The number of ether oxygens (including phenoxy) is 2. The molecule has 3 heterocycles. The van der Waals surface area contributed by atoms with Crippen molar-refractivity contribution in [2.24, 2.45) is 0 Å². The van der Waals surface area contributed by atoms with Gasteiger partial charge in [-0.3, -0.25) is 19.8 Å². The Kier molecular flexibility index (Phi) is 6.78. The van der Waals surface area contributed by atoms with Gasteiger partial charge in [0.25, 0.3) is 17.7 Å². The second-order valence-corrected chi connectivity index (χ2v) is 8.91. The third-order valence-corrected chi connectivity index (χ3v) is 6.50. The summed E-state index contributed by atoms with van der Waals surface area (Å²) in [6.45, 7) is 6.17. The first-order valence-electron chi connectivity index (χ1n) is 12.1. The summed E-state index contributed by atoms with van der Waals surface area (Å²) in [7, 11) is 0. The molecule has 3 amide bonds. The number of hydrogen-bond acceptors (Lipinski definition) is 5. The van der Waals surface area contributed by atoms with E-state index in [9.17, 15) is 14.4 Å². The number of anilines is 1. The molecule has 2 aromatic carbocycles. The summed E-state index contributed by atoms with van der Waals surface area (Å²) in [5.41, 5.74) is 6.84. The molecule has 37 heavy (non-hydrogen) atoms. The van der Waals surface area contributed by atoms with Gasteiger partial charge in [-0.25, -0.2) is 5.01 Å². The summed E-state index contributed by atoms with van der Waals surface area (Å²) in [6, 6.07) is 18.4. The molecular weight excluding hydrogens is 472 g/mol. The molecule has 5 rings (SSSR count). The fourth-order valence-electron chi connectivity index (χ4n) is 4.54. The molecule has 0 spiro atoms. The molecule has 190 valence electrons. The lowest BCUT2D eigenvalue weighted by molar-refractivity contribution is -0.137. The Balaban J connectivity index is 1.31. The second-order valence-electron chi connectivity index (χ2n) is 8.91. The van der Waals surface area contributed by atoms with Gasteiger partial charge in [-0.2, -0.15) is 0 Å². The van der Waals surface area contributed by atoms with Crippen LogP contribution in [0.25, 0.3) is 11.8 Å². The molecule has 0 atom stereocenters. The number of aryl methyl sites for hydroxylation is 1. The number of para-hydroxylation sites is 1. The number of rotatable bonds is 6. The van der Waals surface area contributed by atoms with Gasteiger partial charge in [-0.15, -0.1) is 0 Å². The first-order chi connectivity index (χ1) is 17.9. The van der Waals surface area contributed by atoms with Crippen molar-refractivity contribution in [2.75, 3.05) is 37.9 Å².